The third kappa shape index (κ3) is 2.92. The highest BCUT2D eigenvalue weighted by molar-refractivity contribution is 6.30. The molecular formula is C18H21ClN2. The number of para-hydroxylation sites is 1. The van der Waals surface area contributed by atoms with Gasteiger partial charge in [-0.3, -0.25) is 0 Å². The number of nitrogens with zero attached hydrogens (tertiary/aromatic N) is 1. The van der Waals surface area contributed by atoms with Crippen LogP contribution in [0.2, 0.25) is 5.02 Å². The highest BCUT2D eigenvalue weighted by Gasteiger charge is 2.23. The summed E-state index contributed by atoms with van der Waals surface area (Å²) in [4.78, 5) is 2.44. The lowest BCUT2D eigenvalue weighted by Crippen LogP contribution is -2.31. The van der Waals surface area contributed by atoms with Gasteiger partial charge in [-0.05, 0) is 54.8 Å². The summed E-state index contributed by atoms with van der Waals surface area (Å²) in [5.74, 6) is 0.651. The molecule has 3 rings (SSSR count). The van der Waals surface area contributed by atoms with Crippen molar-refractivity contribution in [3.8, 4) is 0 Å². The van der Waals surface area contributed by atoms with Gasteiger partial charge in [-0.2, -0.15) is 0 Å². The second-order valence-corrected chi connectivity index (χ2v) is 6.29. The summed E-state index contributed by atoms with van der Waals surface area (Å²) < 4.78 is 0. The Kier molecular flexibility index (Phi) is 4.18. The van der Waals surface area contributed by atoms with Gasteiger partial charge in [0, 0.05) is 29.5 Å². The van der Waals surface area contributed by atoms with E-state index in [9.17, 15) is 0 Å². The van der Waals surface area contributed by atoms with Crippen LogP contribution in [-0.4, -0.2) is 13.6 Å². The van der Waals surface area contributed by atoms with Crippen LogP contribution in [0.25, 0.3) is 0 Å². The molecule has 21 heavy (non-hydrogen) atoms. The van der Waals surface area contributed by atoms with Gasteiger partial charge in [0.15, 0.2) is 0 Å². The third-order valence-electron chi connectivity index (χ3n) is 4.04. The average Bonchev–Trinajstić information content (AvgIpc) is 2.47. The van der Waals surface area contributed by atoms with E-state index in [4.69, 9.17) is 11.6 Å². The summed E-state index contributed by atoms with van der Waals surface area (Å²) in [5, 5.41) is 4.03. The fraction of sp³-hybridized carbons (Fsp3) is 0.333. The van der Waals surface area contributed by atoms with Crippen LogP contribution < -0.4 is 10.2 Å². The minimum absolute atomic E-state index is 0.651. The van der Waals surface area contributed by atoms with Crippen LogP contribution in [-0.2, 0) is 13.0 Å². The predicted octanol–water partition coefficient (Wildman–Crippen LogP) is 4.39. The highest BCUT2D eigenvalue weighted by Crippen LogP contribution is 2.37. The molecule has 3 heteroatoms. The van der Waals surface area contributed by atoms with Crippen molar-refractivity contribution in [3.05, 3.63) is 58.6 Å². The summed E-state index contributed by atoms with van der Waals surface area (Å²) in [6, 6.07) is 14.9. The third-order valence-corrected chi connectivity index (χ3v) is 4.28. The topological polar surface area (TPSA) is 15.3 Å². The molecule has 2 nitrogen and oxygen atoms in total. The smallest absolute Gasteiger partial charge is 0.0457 e. The molecule has 0 fully saturated rings. The van der Waals surface area contributed by atoms with Crippen molar-refractivity contribution in [1.29, 1.82) is 0 Å². The molecule has 2 aromatic carbocycles. The molecule has 1 N–H and O–H groups in total. The molecule has 0 saturated heterocycles. The Bertz CT molecular complexity index is 639. The number of hydrogen-bond donors (Lipinski definition) is 1. The van der Waals surface area contributed by atoms with E-state index in [1.54, 1.807) is 0 Å². The molecule has 110 valence electrons. The van der Waals surface area contributed by atoms with Gasteiger partial charge in [0.25, 0.3) is 0 Å². The Morgan fingerprint density at radius 3 is 2.81 bits per heavy atom. The van der Waals surface area contributed by atoms with E-state index in [1.807, 2.05) is 13.1 Å². The molecule has 0 radical (unpaired) electrons. The minimum Gasteiger partial charge on any atom is -0.341 e. The zero-order chi connectivity index (χ0) is 14.8. The number of hydrogen-bond acceptors (Lipinski definition) is 2. The van der Waals surface area contributed by atoms with Gasteiger partial charge in [0.1, 0.15) is 0 Å². The molecule has 0 amide bonds. The number of halogens is 1. The van der Waals surface area contributed by atoms with E-state index in [0.29, 0.717) is 5.92 Å². The number of anilines is 2. The van der Waals surface area contributed by atoms with E-state index in [2.05, 4.69) is 53.5 Å². The first-order valence-electron chi connectivity index (χ1n) is 7.47. The second kappa shape index (κ2) is 6.08. The summed E-state index contributed by atoms with van der Waals surface area (Å²) in [6.45, 7) is 4.19. The second-order valence-electron chi connectivity index (χ2n) is 5.85. The fourth-order valence-corrected chi connectivity index (χ4v) is 3.37. The van der Waals surface area contributed by atoms with Gasteiger partial charge < -0.3 is 10.2 Å². The Balaban J connectivity index is 2.08. The van der Waals surface area contributed by atoms with Crippen molar-refractivity contribution in [3.63, 3.8) is 0 Å². The molecule has 1 atom stereocenters. The zero-order valence-corrected chi connectivity index (χ0v) is 13.3. The molecular weight excluding hydrogens is 280 g/mol. The average molecular weight is 301 g/mol. The van der Waals surface area contributed by atoms with Crippen molar-refractivity contribution in [2.24, 2.45) is 5.92 Å². The maximum atomic E-state index is 6.17. The summed E-state index contributed by atoms with van der Waals surface area (Å²) >= 11 is 6.17. The van der Waals surface area contributed by atoms with Crippen LogP contribution in [0.1, 0.15) is 18.1 Å². The van der Waals surface area contributed by atoms with Crippen LogP contribution >= 0.6 is 11.6 Å². The molecule has 0 aliphatic carbocycles. The van der Waals surface area contributed by atoms with Crippen LogP contribution in [0.3, 0.4) is 0 Å². The highest BCUT2D eigenvalue weighted by atomic mass is 35.5. The number of rotatable bonds is 3. The van der Waals surface area contributed by atoms with Crippen LogP contribution in [0.4, 0.5) is 11.4 Å². The van der Waals surface area contributed by atoms with E-state index in [0.717, 1.165) is 24.5 Å². The van der Waals surface area contributed by atoms with Crippen LogP contribution in [0, 0.1) is 5.92 Å². The monoisotopic (exact) mass is 300 g/mol. The van der Waals surface area contributed by atoms with Crippen LogP contribution in [0.15, 0.2) is 42.5 Å². The summed E-state index contributed by atoms with van der Waals surface area (Å²) in [7, 11) is 1.97. The van der Waals surface area contributed by atoms with Gasteiger partial charge in [-0.1, -0.05) is 36.7 Å². The van der Waals surface area contributed by atoms with E-state index in [-0.39, 0.29) is 0 Å². The van der Waals surface area contributed by atoms with Crippen molar-refractivity contribution in [2.75, 3.05) is 18.5 Å². The van der Waals surface area contributed by atoms with Crippen molar-refractivity contribution < 1.29 is 0 Å². The first-order chi connectivity index (χ1) is 10.2. The van der Waals surface area contributed by atoms with Crippen molar-refractivity contribution in [2.45, 2.75) is 19.9 Å². The minimum atomic E-state index is 0.651. The van der Waals surface area contributed by atoms with Gasteiger partial charge in [0.05, 0.1) is 0 Å². The Hall–Kier alpha value is -1.51. The van der Waals surface area contributed by atoms with E-state index < -0.39 is 0 Å². The van der Waals surface area contributed by atoms with Gasteiger partial charge in [-0.15, -0.1) is 0 Å². The fourth-order valence-electron chi connectivity index (χ4n) is 3.17. The number of fused-ring (bicyclic) bond motifs is 1. The summed E-state index contributed by atoms with van der Waals surface area (Å²) in [6.07, 6.45) is 1.15. The molecule has 1 unspecified atom stereocenters. The lowest BCUT2D eigenvalue weighted by atomic mass is 9.93. The number of benzene rings is 2. The SMILES string of the molecule is CNCc1cc(Cl)ccc1N1CC(C)Cc2ccccc21. The molecule has 0 saturated carbocycles. The molecule has 0 aromatic heterocycles. The maximum absolute atomic E-state index is 6.17. The zero-order valence-electron chi connectivity index (χ0n) is 12.6. The Morgan fingerprint density at radius 1 is 1.19 bits per heavy atom. The molecule has 0 spiro atoms. The quantitative estimate of drug-likeness (QED) is 0.904. The van der Waals surface area contributed by atoms with E-state index in [1.165, 1.54) is 22.5 Å². The molecule has 0 bridgehead atoms. The number of nitrogens with one attached hydrogen (secondary N) is 1. The van der Waals surface area contributed by atoms with E-state index >= 15 is 0 Å². The van der Waals surface area contributed by atoms with Gasteiger partial charge >= 0.3 is 0 Å². The first-order valence-corrected chi connectivity index (χ1v) is 7.85. The van der Waals surface area contributed by atoms with Gasteiger partial charge in [0.2, 0.25) is 0 Å². The Morgan fingerprint density at radius 2 is 2.00 bits per heavy atom. The molecule has 1 aliphatic heterocycles. The normalized spacial score (nSPS) is 17.7. The molecule has 2 aromatic rings. The van der Waals surface area contributed by atoms with Gasteiger partial charge in [-0.25, -0.2) is 0 Å². The Labute approximate surface area is 131 Å². The first kappa shape index (κ1) is 14.4. The maximum Gasteiger partial charge on any atom is 0.0457 e. The van der Waals surface area contributed by atoms with Crippen LogP contribution in [0.5, 0.6) is 0 Å². The van der Waals surface area contributed by atoms with Crippen molar-refractivity contribution in [1.82, 2.24) is 5.32 Å². The lowest BCUT2D eigenvalue weighted by Gasteiger charge is -2.36. The lowest BCUT2D eigenvalue weighted by molar-refractivity contribution is 0.561. The standard InChI is InChI=1S/C18H21ClN2/c1-13-9-14-5-3-4-6-17(14)21(12-13)18-8-7-16(19)10-15(18)11-20-2/h3-8,10,13,20H,9,11-12H2,1-2H3. The van der Waals surface area contributed by atoms with Crippen molar-refractivity contribution >= 4 is 23.0 Å². The predicted molar refractivity (Wildman–Crippen MR) is 90.5 cm³/mol. The summed E-state index contributed by atoms with van der Waals surface area (Å²) in [5.41, 5.74) is 5.26. The molecule has 1 aliphatic rings. The largest absolute Gasteiger partial charge is 0.341 e. The molecule has 1 heterocycles.